The quantitative estimate of drug-likeness (QED) is 0.902. The summed E-state index contributed by atoms with van der Waals surface area (Å²) < 4.78 is 13.6. The molecule has 25 heavy (non-hydrogen) atoms. The smallest absolute Gasteiger partial charge is 0.317 e. The lowest BCUT2D eigenvalue weighted by molar-refractivity contribution is 0.194. The van der Waals surface area contributed by atoms with E-state index in [0.717, 1.165) is 29.4 Å². The molecule has 0 aliphatic carbocycles. The predicted octanol–water partition coefficient (Wildman–Crippen LogP) is 3.82. The molecule has 0 unspecified atom stereocenters. The Morgan fingerprint density at radius 3 is 2.56 bits per heavy atom. The van der Waals surface area contributed by atoms with E-state index in [-0.39, 0.29) is 11.8 Å². The summed E-state index contributed by atoms with van der Waals surface area (Å²) in [6.07, 6.45) is 0. The Labute approximate surface area is 152 Å². The molecule has 0 bridgehead atoms. The maximum atomic E-state index is 13.6. The summed E-state index contributed by atoms with van der Waals surface area (Å²) in [4.78, 5) is 16.3. The molecule has 2 amide bonds. The first-order valence-electron chi connectivity index (χ1n) is 8.32. The molecule has 1 heterocycles. The molecule has 1 saturated heterocycles. The maximum Gasteiger partial charge on any atom is 0.317 e. The summed E-state index contributed by atoms with van der Waals surface area (Å²) in [5, 5.41) is 3.58. The number of piperazine rings is 1. The van der Waals surface area contributed by atoms with Crippen molar-refractivity contribution < 1.29 is 9.18 Å². The molecule has 2 aromatic carbocycles. The molecule has 1 aliphatic rings. The zero-order valence-electron chi connectivity index (χ0n) is 14.1. The highest BCUT2D eigenvalue weighted by Crippen LogP contribution is 2.26. The molecule has 0 spiro atoms. The van der Waals surface area contributed by atoms with E-state index in [1.807, 2.05) is 30.3 Å². The van der Waals surface area contributed by atoms with E-state index in [1.54, 1.807) is 17.9 Å². The van der Waals surface area contributed by atoms with Crippen molar-refractivity contribution in [3.8, 4) is 0 Å². The topological polar surface area (TPSA) is 35.6 Å². The molecule has 0 atom stereocenters. The van der Waals surface area contributed by atoms with Crippen molar-refractivity contribution in [2.24, 2.45) is 0 Å². The van der Waals surface area contributed by atoms with Gasteiger partial charge in [0.1, 0.15) is 5.82 Å². The zero-order valence-corrected chi connectivity index (χ0v) is 14.9. The van der Waals surface area contributed by atoms with E-state index >= 15 is 0 Å². The highest BCUT2D eigenvalue weighted by Gasteiger charge is 2.22. The summed E-state index contributed by atoms with van der Waals surface area (Å²) in [5.74, 6) is -0.250. The number of nitrogens with one attached hydrogen (secondary N) is 1. The number of anilines is 1. The Morgan fingerprint density at radius 1 is 1.16 bits per heavy atom. The molecule has 0 radical (unpaired) electrons. The highest BCUT2D eigenvalue weighted by molar-refractivity contribution is 6.33. The average Bonchev–Trinajstić information content (AvgIpc) is 2.63. The van der Waals surface area contributed by atoms with Crippen LogP contribution in [0.5, 0.6) is 0 Å². The molecule has 6 heteroatoms. The molecule has 1 N–H and O–H groups in total. The highest BCUT2D eigenvalue weighted by atomic mass is 35.5. The van der Waals surface area contributed by atoms with Gasteiger partial charge in [-0.3, -0.25) is 0 Å². The van der Waals surface area contributed by atoms with Crippen molar-refractivity contribution in [3.63, 3.8) is 0 Å². The largest absolute Gasteiger partial charge is 0.367 e. The minimum absolute atomic E-state index is 0.125. The second-order valence-electron chi connectivity index (χ2n) is 6.17. The molecule has 132 valence electrons. The minimum Gasteiger partial charge on any atom is -0.367 e. The van der Waals surface area contributed by atoms with Gasteiger partial charge in [-0.15, -0.1) is 0 Å². The molecule has 0 aromatic heterocycles. The minimum atomic E-state index is -0.250. The van der Waals surface area contributed by atoms with Crippen LogP contribution in [0, 0.1) is 12.7 Å². The Balaban J connectivity index is 1.51. The molecular formula is C19H21ClFN3O. The number of carbonyl (C=O) groups is 1. The van der Waals surface area contributed by atoms with Crippen LogP contribution in [0.2, 0.25) is 5.02 Å². The number of nitrogens with zero attached hydrogens (tertiary/aromatic N) is 2. The fourth-order valence-corrected chi connectivity index (χ4v) is 3.15. The fourth-order valence-electron chi connectivity index (χ4n) is 2.89. The van der Waals surface area contributed by atoms with Crippen LogP contribution in [0.25, 0.3) is 0 Å². The summed E-state index contributed by atoms with van der Waals surface area (Å²) >= 11 is 6.23. The number of hydrogen-bond acceptors (Lipinski definition) is 2. The lowest BCUT2D eigenvalue weighted by Crippen LogP contribution is -2.51. The van der Waals surface area contributed by atoms with E-state index in [4.69, 9.17) is 11.6 Å². The maximum absolute atomic E-state index is 13.6. The fraction of sp³-hybridized carbons (Fsp3) is 0.316. The van der Waals surface area contributed by atoms with Crippen LogP contribution < -0.4 is 10.2 Å². The van der Waals surface area contributed by atoms with Crippen molar-refractivity contribution >= 4 is 23.3 Å². The molecule has 1 aliphatic heterocycles. The van der Waals surface area contributed by atoms with Gasteiger partial charge in [-0.25, -0.2) is 9.18 Å². The number of hydrogen-bond donors (Lipinski definition) is 1. The molecular weight excluding hydrogens is 341 g/mol. The van der Waals surface area contributed by atoms with Gasteiger partial charge in [-0.05, 0) is 36.2 Å². The van der Waals surface area contributed by atoms with Crippen LogP contribution in [0.4, 0.5) is 14.9 Å². The standard InChI is InChI=1S/C19H21ClFN3O/c1-14-6-7-15(12-17(14)21)13-22-19(25)24-10-8-23(9-11-24)18-5-3-2-4-16(18)20/h2-7,12H,8-11,13H2,1H3,(H,22,25). The van der Waals surface area contributed by atoms with Crippen molar-refractivity contribution in [2.45, 2.75) is 13.5 Å². The van der Waals surface area contributed by atoms with Gasteiger partial charge < -0.3 is 15.1 Å². The number of amides is 2. The number of rotatable bonds is 3. The number of para-hydroxylation sites is 1. The third kappa shape index (κ3) is 4.23. The first-order valence-corrected chi connectivity index (χ1v) is 8.69. The second-order valence-corrected chi connectivity index (χ2v) is 6.57. The van der Waals surface area contributed by atoms with E-state index in [9.17, 15) is 9.18 Å². The third-order valence-electron chi connectivity index (χ3n) is 4.44. The predicted molar refractivity (Wildman–Crippen MR) is 98.6 cm³/mol. The number of urea groups is 1. The first kappa shape index (κ1) is 17.5. The summed E-state index contributed by atoms with van der Waals surface area (Å²) in [6.45, 7) is 4.75. The number of carbonyl (C=O) groups excluding carboxylic acids is 1. The van der Waals surface area contributed by atoms with Crippen LogP contribution in [0.15, 0.2) is 42.5 Å². The van der Waals surface area contributed by atoms with Gasteiger partial charge in [0, 0.05) is 32.7 Å². The number of benzene rings is 2. The molecule has 4 nitrogen and oxygen atoms in total. The van der Waals surface area contributed by atoms with E-state index in [0.29, 0.717) is 25.2 Å². The van der Waals surface area contributed by atoms with Crippen LogP contribution in [0.1, 0.15) is 11.1 Å². The molecule has 2 aromatic rings. The van der Waals surface area contributed by atoms with Gasteiger partial charge in [0.15, 0.2) is 0 Å². The Hall–Kier alpha value is -2.27. The average molecular weight is 362 g/mol. The number of aryl methyl sites for hydroxylation is 1. The molecule has 0 saturated carbocycles. The Kier molecular flexibility index (Phi) is 5.43. The Morgan fingerprint density at radius 2 is 1.88 bits per heavy atom. The van der Waals surface area contributed by atoms with E-state index < -0.39 is 0 Å². The lowest BCUT2D eigenvalue weighted by atomic mass is 10.1. The summed E-state index contributed by atoms with van der Waals surface area (Å²) in [7, 11) is 0. The summed E-state index contributed by atoms with van der Waals surface area (Å²) in [6, 6.07) is 12.6. The normalized spacial score (nSPS) is 14.5. The first-order chi connectivity index (χ1) is 12.0. The van der Waals surface area contributed by atoms with Gasteiger partial charge in [0.05, 0.1) is 10.7 Å². The zero-order chi connectivity index (χ0) is 17.8. The van der Waals surface area contributed by atoms with Crippen molar-refractivity contribution in [2.75, 3.05) is 31.1 Å². The van der Waals surface area contributed by atoms with E-state index in [2.05, 4.69) is 10.2 Å². The third-order valence-corrected chi connectivity index (χ3v) is 4.76. The van der Waals surface area contributed by atoms with Crippen LogP contribution in [-0.2, 0) is 6.54 Å². The summed E-state index contributed by atoms with van der Waals surface area (Å²) in [5.41, 5.74) is 2.36. The van der Waals surface area contributed by atoms with Crippen molar-refractivity contribution in [1.82, 2.24) is 10.2 Å². The SMILES string of the molecule is Cc1ccc(CNC(=O)N2CCN(c3ccccc3Cl)CC2)cc1F. The molecule has 1 fully saturated rings. The van der Waals surface area contributed by atoms with Gasteiger partial charge >= 0.3 is 6.03 Å². The van der Waals surface area contributed by atoms with Crippen molar-refractivity contribution in [3.05, 3.63) is 64.4 Å². The molecule has 3 rings (SSSR count). The van der Waals surface area contributed by atoms with Crippen LogP contribution >= 0.6 is 11.6 Å². The van der Waals surface area contributed by atoms with Crippen LogP contribution in [-0.4, -0.2) is 37.1 Å². The van der Waals surface area contributed by atoms with Gasteiger partial charge in [0.2, 0.25) is 0 Å². The lowest BCUT2D eigenvalue weighted by Gasteiger charge is -2.36. The van der Waals surface area contributed by atoms with Crippen molar-refractivity contribution in [1.29, 1.82) is 0 Å². The van der Waals surface area contributed by atoms with Gasteiger partial charge in [-0.2, -0.15) is 0 Å². The van der Waals surface area contributed by atoms with Gasteiger partial charge in [-0.1, -0.05) is 35.9 Å². The Bertz CT molecular complexity index is 760. The van der Waals surface area contributed by atoms with Crippen LogP contribution in [0.3, 0.4) is 0 Å². The monoisotopic (exact) mass is 361 g/mol. The number of halogens is 2. The second kappa shape index (κ2) is 7.74. The van der Waals surface area contributed by atoms with E-state index in [1.165, 1.54) is 6.07 Å². The van der Waals surface area contributed by atoms with Gasteiger partial charge in [0.25, 0.3) is 0 Å².